The Morgan fingerprint density at radius 3 is 2.13 bits per heavy atom. The van der Waals surface area contributed by atoms with Crippen LogP contribution in [-0.4, -0.2) is 4.98 Å². The van der Waals surface area contributed by atoms with Crippen LogP contribution in [0, 0.1) is 30.2 Å². The van der Waals surface area contributed by atoms with Crippen molar-refractivity contribution in [2.24, 2.45) is 0 Å². The molecule has 1 aromatic heterocycles. The van der Waals surface area contributed by atoms with Gasteiger partial charge >= 0.3 is 0 Å². The molecule has 0 aliphatic heterocycles. The van der Waals surface area contributed by atoms with Gasteiger partial charge in [-0.3, -0.25) is 4.98 Å². The van der Waals surface area contributed by atoms with Gasteiger partial charge in [0.1, 0.15) is 0 Å². The number of pyridine rings is 1. The fraction of sp³-hybridized carbons (Fsp3) is 0.0556. The zero-order chi connectivity index (χ0) is 16.6. The van der Waals surface area contributed by atoms with E-state index in [1.807, 2.05) is 30.3 Å². The van der Waals surface area contributed by atoms with Crippen molar-refractivity contribution in [3.05, 3.63) is 77.5 Å². The Labute approximate surface area is 130 Å². The molecule has 3 rings (SSSR count). The average molecular weight is 317 g/mol. The Morgan fingerprint density at radius 2 is 1.48 bits per heavy atom. The monoisotopic (exact) mass is 317 g/mol. The average Bonchev–Trinajstić information content (AvgIpc) is 2.57. The van der Waals surface area contributed by atoms with Gasteiger partial charge in [-0.25, -0.2) is 17.6 Å². The molecule has 0 saturated heterocycles. The summed E-state index contributed by atoms with van der Waals surface area (Å²) in [5, 5.41) is 0. The maximum atomic E-state index is 13.9. The van der Waals surface area contributed by atoms with Gasteiger partial charge in [-0.15, -0.1) is 0 Å². The molecule has 1 nitrogen and oxygen atoms in total. The molecule has 0 aliphatic rings. The highest BCUT2D eigenvalue weighted by Crippen LogP contribution is 2.30. The molecule has 1 heterocycles. The van der Waals surface area contributed by atoms with Crippen LogP contribution in [0.15, 0.2) is 48.7 Å². The van der Waals surface area contributed by atoms with Crippen molar-refractivity contribution < 1.29 is 17.6 Å². The number of benzene rings is 2. The van der Waals surface area contributed by atoms with E-state index in [-0.39, 0.29) is 5.69 Å². The Kier molecular flexibility index (Phi) is 3.86. The SMILES string of the molecule is Cc1cc(-c2cc(F)c(F)c(F)c2F)ncc1-c1ccccc1. The van der Waals surface area contributed by atoms with Gasteiger partial charge in [0, 0.05) is 17.3 Å². The molecular formula is C18H11F4N. The Morgan fingerprint density at radius 1 is 0.783 bits per heavy atom. The van der Waals surface area contributed by atoms with E-state index in [9.17, 15) is 17.6 Å². The second-order valence-corrected chi connectivity index (χ2v) is 5.10. The topological polar surface area (TPSA) is 12.9 Å². The predicted octanol–water partition coefficient (Wildman–Crippen LogP) is 5.28. The lowest BCUT2D eigenvalue weighted by atomic mass is 10.0. The number of halogens is 4. The second kappa shape index (κ2) is 5.83. The lowest BCUT2D eigenvalue weighted by Gasteiger charge is -2.10. The first-order chi connectivity index (χ1) is 11.0. The lowest BCUT2D eigenvalue weighted by molar-refractivity contribution is 0.410. The van der Waals surface area contributed by atoms with Crippen LogP contribution in [0.4, 0.5) is 17.6 Å². The zero-order valence-corrected chi connectivity index (χ0v) is 12.1. The molecule has 0 fully saturated rings. The molecule has 0 atom stereocenters. The van der Waals surface area contributed by atoms with Crippen molar-refractivity contribution in [2.75, 3.05) is 0 Å². The molecule has 3 aromatic rings. The molecule has 0 radical (unpaired) electrons. The Bertz CT molecular complexity index is 876. The third-order valence-corrected chi connectivity index (χ3v) is 3.57. The number of hydrogen-bond acceptors (Lipinski definition) is 1. The molecule has 0 amide bonds. The standard InChI is InChI=1S/C18H11F4N/c1-10-7-15(12-8-14(19)17(21)18(22)16(12)20)23-9-13(10)11-5-3-2-4-6-11/h2-9H,1H3. The van der Waals surface area contributed by atoms with Crippen molar-refractivity contribution in [3.8, 4) is 22.4 Å². The first-order valence-corrected chi connectivity index (χ1v) is 6.84. The number of aromatic nitrogens is 1. The minimum Gasteiger partial charge on any atom is -0.255 e. The molecule has 0 spiro atoms. The summed E-state index contributed by atoms with van der Waals surface area (Å²) < 4.78 is 53.6. The molecule has 23 heavy (non-hydrogen) atoms. The molecule has 0 saturated carbocycles. The summed E-state index contributed by atoms with van der Waals surface area (Å²) in [5.41, 5.74) is 2.12. The van der Waals surface area contributed by atoms with E-state index in [1.54, 1.807) is 6.92 Å². The number of rotatable bonds is 2. The lowest BCUT2D eigenvalue weighted by Crippen LogP contribution is -2.00. The maximum absolute atomic E-state index is 13.9. The predicted molar refractivity (Wildman–Crippen MR) is 79.7 cm³/mol. The first kappa shape index (κ1) is 15.2. The van der Waals surface area contributed by atoms with Crippen molar-refractivity contribution in [2.45, 2.75) is 6.92 Å². The van der Waals surface area contributed by atoms with E-state index in [0.717, 1.165) is 16.7 Å². The highest BCUT2D eigenvalue weighted by atomic mass is 19.2. The molecule has 0 bridgehead atoms. The minimum atomic E-state index is -1.84. The first-order valence-electron chi connectivity index (χ1n) is 6.84. The van der Waals surface area contributed by atoms with Crippen LogP contribution < -0.4 is 0 Å². The Balaban J connectivity index is 2.12. The summed E-state index contributed by atoms with van der Waals surface area (Å²) >= 11 is 0. The van der Waals surface area contributed by atoms with Gasteiger partial charge in [-0.05, 0) is 30.2 Å². The summed E-state index contributed by atoms with van der Waals surface area (Å²) in [6.07, 6.45) is 1.50. The van der Waals surface area contributed by atoms with Gasteiger partial charge in [0.2, 0.25) is 0 Å². The van der Waals surface area contributed by atoms with Crippen molar-refractivity contribution in [1.29, 1.82) is 0 Å². The van der Waals surface area contributed by atoms with Crippen LogP contribution in [-0.2, 0) is 0 Å². The minimum absolute atomic E-state index is 0.0393. The van der Waals surface area contributed by atoms with E-state index in [4.69, 9.17) is 0 Å². The number of nitrogens with zero attached hydrogens (tertiary/aromatic N) is 1. The highest BCUT2D eigenvalue weighted by molar-refractivity contribution is 5.70. The van der Waals surface area contributed by atoms with Gasteiger partial charge in [0.25, 0.3) is 0 Å². The third-order valence-electron chi connectivity index (χ3n) is 3.57. The van der Waals surface area contributed by atoms with Crippen molar-refractivity contribution in [1.82, 2.24) is 4.98 Å². The van der Waals surface area contributed by atoms with Crippen LogP contribution in [0.2, 0.25) is 0 Å². The van der Waals surface area contributed by atoms with Crippen LogP contribution in [0.1, 0.15) is 5.56 Å². The van der Waals surface area contributed by atoms with E-state index < -0.39 is 28.8 Å². The summed E-state index contributed by atoms with van der Waals surface area (Å²) in [7, 11) is 0. The third kappa shape index (κ3) is 2.70. The van der Waals surface area contributed by atoms with Crippen LogP contribution in [0.25, 0.3) is 22.4 Å². The van der Waals surface area contributed by atoms with Crippen LogP contribution in [0.3, 0.4) is 0 Å². The summed E-state index contributed by atoms with van der Waals surface area (Å²) in [6.45, 7) is 1.78. The molecular weight excluding hydrogens is 306 g/mol. The highest BCUT2D eigenvalue weighted by Gasteiger charge is 2.20. The van der Waals surface area contributed by atoms with Gasteiger partial charge in [-0.2, -0.15) is 0 Å². The largest absolute Gasteiger partial charge is 0.255 e. The van der Waals surface area contributed by atoms with E-state index in [0.29, 0.717) is 6.07 Å². The van der Waals surface area contributed by atoms with Crippen molar-refractivity contribution >= 4 is 0 Å². The Hall–Kier alpha value is -2.69. The summed E-state index contributed by atoms with van der Waals surface area (Å²) in [6, 6.07) is 11.5. The molecule has 116 valence electrons. The fourth-order valence-corrected chi connectivity index (χ4v) is 2.38. The van der Waals surface area contributed by atoms with Crippen LogP contribution in [0.5, 0.6) is 0 Å². The normalized spacial score (nSPS) is 10.8. The van der Waals surface area contributed by atoms with Crippen LogP contribution >= 0.6 is 0 Å². The number of aryl methyl sites for hydroxylation is 1. The fourth-order valence-electron chi connectivity index (χ4n) is 2.38. The molecule has 0 unspecified atom stereocenters. The van der Waals surface area contributed by atoms with Gasteiger partial charge in [0.05, 0.1) is 5.69 Å². The molecule has 0 N–H and O–H groups in total. The zero-order valence-electron chi connectivity index (χ0n) is 12.1. The number of hydrogen-bond donors (Lipinski definition) is 0. The maximum Gasteiger partial charge on any atom is 0.198 e. The van der Waals surface area contributed by atoms with Gasteiger partial charge in [0.15, 0.2) is 23.3 Å². The van der Waals surface area contributed by atoms with E-state index in [2.05, 4.69) is 4.98 Å². The van der Waals surface area contributed by atoms with E-state index in [1.165, 1.54) is 12.3 Å². The summed E-state index contributed by atoms with van der Waals surface area (Å²) in [4.78, 5) is 4.06. The quantitative estimate of drug-likeness (QED) is 0.356. The van der Waals surface area contributed by atoms with Gasteiger partial charge in [-0.1, -0.05) is 30.3 Å². The molecule has 2 aromatic carbocycles. The molecule has 0 aliphatic carbocycles. The summed E-state index contributed by atoms with van der Waals surface area (Å²) in [5.74, 6) is -6.58. The van der Waals surface area contributed by atoms with Crippen molar-refractivity contribution in [3.63, 3.8) is 0 Å². The van der Waals surface area contributed by atoms with Gasteiger partial charge < -0.3 is 0 Å². The smallest absolute Gasteiger partial charge is 0.198 e. The molecule has 5 heteroatoms. The second-order valence-electron chi connectivity index (χ2n) is 5.10. The van der Waals surface area contributed by atoms with E-state index >= 15 is 0 Å².